The monoisotopic (exact) mass is 305 g/mol. The molecule has 120 valence electrons. The standard InChI is InChI=1S/C17H23NO4/c19-16(20)10-15(14-8-4-5-9-14)11-18-17(21)22-12-13-6-2-1-3-7-13/h1-3,6-7,14-15H,4-5,8-12H2,(H,18,21)(H,19,20)/t15-/m1/s1. The molecule has 22 heavy (non-hydrogen) atoms. The van der Waals surface area contributed by atoms with E-state index in [1.165, 1.54) is 0 Å². The SMILES string of the molecule is O=C(O)C[C@H](CNC(=O)OCc1ccccc1)C1CCCC1. The molecule has 0 spiro atoms. The van der Waals surface area contributed by atoms with Crippen molar-refractivity contribution < 1.29 is 19.4 Å². The van der Waals surface area contributed by atoms with Gasteiger partial charge in [-0.25, -0.2) is 4.79 Å². The van der Waals surface area contributed by atoms with Crippen LogP contribution in [0.25, 0.3) is 0 Å². The molecule has 1 aliphatic rings. The number of carboxylic acids is 1. The first kappa shape index (κ1) is 16.3. The molecule has 1 atom stereocenters. The first-order valence-electron chi connectivity index (χ1n) is 7.81. The Labute approximate surface area is 130 Å². The van der Waals surface area contributed by atoms with E-state index >= 15 is 0 Å². The van der Waals surface area contributed by atoms with Gasteiger partial charge in [0.1, 0.15) is 6.61 Å². The van der Waals surface area contributed by atoms with Crippen molar-refractivity contribution in [3.63, 3.8) is 0 Å². The summed E-state index contributed by atoms with van der Waals surface area (Å²) in [5.41, 5.74) is 0.926. The molecule has 1 aromatic carbocycles. The smallest absolute Gasteiger partial charge is 0.407 e. The Morgan fingerprint density at radius 1 is 1.23 bits per heavy atom. The second-order valence-electron chi connectivity index (χ2n) is 5.85. The molecule has 5 heteroatoms. The van der Waals surface area contributed by atoms with Gasteiger partial charge in [0.2, 0.25) is 0 Å². The summed E-state index contributed by atoms with van der Waals surface area (Å²) in [6, 6.07) is 9.46. The lowest BCUT2D eigenvalue weighted by molar-refractivity contribution is -0.138. The van der Waals surface area contributed by atoms with E-state index in [-0.39, 0.29) is 18.9 Å². The van der Waals surface area contributed by atoms with E-state index in [0.717, 1.165) is 31.2 Å². The zero-order chi connectivity index (χ0) is 15.8. The Kier molecular flexibility index (Phi) is 6.25. The molecule has 0 saturated heterocycles. The number of aliphatic carboxylic acids is 1. The summed E-state index contributed by atoms with van der Waals surface area (Å²) in [4.78, 5) is 22.7. The van der Waals surface area contributed by atoms with Gasteiger partial charge in [0.05, 0.1) is 6.42 Å². The number of benzene rings is 1. The Balaban J connectivity index is 1.75. The Hall–Kier alpha value is -2.04. The van der Waals surface area contributed by atoms with Gasteiger partial charge in [-0.15, -0.1) is 0 Å². The zero-order valence-corrected chi connectivity index (χ0v) is 12.7. The van der Waals surface area contributed by atoms with E-state index in [2.05, 4.69) is 5.32 Å². The minimum atomic E-state index is -0.809. The third kappa shape index (κ3) is 5.39. The number of alkyl carbamates (subject to hydrolysis) is 1. The predicted octanol–water partition coefficient (Wildman–Crippen LogP) is 3.19. The van der Waals surface area contributed by atoms with Crippen LogP contribution in [0.3, 0.4) is 0 Å². The average molecular weight is 305 g/mol. The summed E-state index contributed by atoms with van der Waals surface area (Å²) in [7, 11) is 0. The van der Waals surface area contributed by atoms with Gasteiger partial charge in [0, 0.05) is 6.54 Å². The maximum absolute atomic E-state index is 11.7. The average Bonchev–Trinajstić information content (AvgIpc) is 3.04. The van der Waals surface area contributed by atoms with Crippen molar-refractivity contribution in [1.82, 2.24) is 5.32 Å². The molecule has 0 aliphatic heterocycles. The Bertz CT molecular complexity index is 483. The second kappa shape index (κ2) is 8.41. The van der Waals surface area contributed by atoms with Gasteiger partial charge in [0.15, 0.2) is 0 Å². The maximum Gasteiger partial charge on any atom is 0.407 e. The van der Waals surface area contributed by atoms with E-state index in [0.29, 0.717) is 12.5 Å². The molecule has 0 bridgehead atoms. The number of carboxylic acid groups (broad SMARTS) is 1. The van der Waals surface area contributed by atoms with Crippen LogP contribution in [0.1, 0.15) is 37.7 Å². The van der Waals surface area contributed by atoms with Crippen molar-refractivity contribution in [3.8, 4) is 0 Å². The second-order valence-corrected chi connectivity index (χ2v) is 5.85. The van der Waals surface area contributed by atoms with Gasteiger partial charge in [-0.1, -0.05) is 56.0 Å². The van der Waals surface area contributed by atoms with Crippen LogP contribution in [0.2, 0.25) is 0 Å². The molecule has 5 nitrogen and oxygen atoms in total. The highest BCUT2D eigenvalue weighted by Gasteiger charge is 2.27. The maximum atomic E-state index is 11.7. The van der Waals surface area contributed by atoms with Gasteiger partial charge >= 0.3 is 12.1 Å². The molecule has 0 radical (unpaired) electrons. The Morgan fingerprint density at radius 3 is 2.55 bits per heavy atom. The van der Waals surface area contributed by atoms with E-state index < -0.39 is 12.1 Å². The molecule has 1 saturated carbocycles. The summed E-state index contributed by atoms with van der Waals surface area (Å²) in [5.74, 6) is -0.425. The van der Waals surface area contributed by atoms with Gasteiger partial charge in [0.25, 0.3) is 0 Å². The minimum absolute atomic E-state index is 0.00993. The summed E-state index contributed by atoms with van der Waals surface area (Å²) in [6.07, 6.45) is 4.02. The zero-order valence-electron chi connectivity index (χ0n) is 12.7. The molecule has 0 unspecified atom stereocenters. The highest BCUT2D eigenvalue weighted by Crippen LogP contribution is 2.32. The topological polar surface area (TPSA) is 75.6 Å². The van der Waals surface area contributed by atoms with E-state index in [1.54, 1.807) is 0 Å². The van der Waals surface area contributed by atoms with Gasteiger partial charge in [-0.05, 0) is 17.4 Å². The number of nitrogens with one attached hydrogen (secondary N) is 1. The number of hydrogen-bond acceptors (Lipinski definition) is 3. The van der Waals surface area contributed by atoms with E-state index in [9.17, 15) is 9.59 Å². The summed E-state index contributed by atoms with van der Waals surface area (Å²) in [6.45, 7) is 0.588. The van der Waals surface area contributed by atoms with Crippen LogP contribution in [-0.2, 0) is 16.1 Å². The van der Waals surface area contributed by atoms with Crippen molar-refractivity contribution >= 4 is 12.1 Å². The van der Waals surface area contributed by atoms with Crippen LogP contribution in [0.15, 0.2) is 30.3 Å². The van der Waals surface area contributed by atoms with Crippen LogP contribution in [0.5, 0.6) is 0 Å². The summed E-state index contributed by atoms with van der Waals surface area (Å²) < 4.78 is 5.15. The van der Waals surface area contributed by atoms with Crippen molar-refractivity contribution in [2.75, 3.05) is 6.54 Å². The van der Waals surface area contributed by atoms with Crippen LogP contribution in [-0.4, -0.2) is 23.7 Å². The highest BCUT2D eigenvalue weighted by molar-refractivity contribution is 5.68. The minimum Gasteiger partial charge on any atom is -0.481 e. The number of rotatable bonds is 7. The molecule has 2 rings (SSSR count). The fraction of sp³-hybridized carbons (Fsp3) is 0.529. The third-order valence-electron chi connectivity index (χ3n) is 4.22. The lowest BCUT2D eigenvalue weighted by Crippen LogP contribution is -2.33. The fourth-order valence-corrected chi connectivity index (χ4v) is 3.05. The van der Waals surface area contributed by atoms with Crippen molar-refractivity contribution in [1.29, 1.82) is 0 Å². The summed E-state index contributed by atoms with van der Waals surface area (Å²) in [5, 5.41) is 11.7. The predicted molar refractivity (Wildman–Crippen MR) is 82.3 cm³/mol. The van der Waals surface area contributed by atoms with Crippen molar-refractivity contribution in [3.05, 3.63) is 35.9 Å². The molecule has 1 aromatic rings. The van der Waals surface area contributed by atoms with Gasteiger partial charge in [-0.2, -0.15) is 0 Å². The van der Waals surface area contributed by atoms with Crippen LogP contribution < -0.4 is 5.32 Å². The van der Waals surface area contributed by atoms with Crippen molar-refractivity contribution in [2.24, 2.45) is 11.8 Å². The third-order valence-corrected chi connectivity index (χ3v) is 4.22. The molecule has 2 N–H and O–H groups in total. The molecular weight excluding hydrogens is 282 g/mol. The van der Waals surface area contributed by atoms with Crippen LogP contribution in [0.4, 0.5) is 4.79 Å². The van der Waals surface area contributed by atoms with Crippen LogP contribution in [0, 0.1) is 11.8 Å². The van der Waals surface area contributed by atoms with E-state index in [1.807, 2.05) is 30.3 Å². The number of hydrogen-bond donors (Lipinski definition) is 2. The number of amides is 1. The van der Waals surface area contributed by atoms with E-state index in [4.69, 9.17) is 9.84 Å². The fourth-order valence-electron chi connectivity index (χ4n) is 3.05. The van der Waals surface area contributed by atoms with Crippen molar-refractivity contribution in [2.45, 2.75) is 38.7 Å². The highest BCUT2D eigenvalue weighted by atomic mass is 16.5. The lowest BCUT2D eigenvalue weighted by Gasteiger charge is -2.22. The molecular formula is C17H23NO4. The Morgan fingerprint density at radius 2 is 1.91 bits per heavy atom. The van der Waals surface area contributed by atoms with Gasteiger partial charge < -0.3 is 15.2 Å². The molecule has 1 amide bonds. The molecule has 0 aromatic heterocycles. The molecule has 0 heterocycles. The molecule has 1 aliphatic carbocycles. The lowest BCUT2D eigenvalue weighted by atomic mass is 9.88. The summed E-state index contributed by atoms with van der Waals surface area (Å²) >= 11 is 0. The largest absolute Gasteiger partial charge is 0.481 e. The quantitative estimate of drug-likeness (QED) is 0.811. The number of carbonyl (C=O) groups excluding carboxylic acids is 1. The normalized spacial score (nSPS) is 16.2. The first-order valence-corrected chi connectivity index (χ1v) is 7.81. The molecule has 1 fully saturated rings. The number of carbonyl (C=O) groups is 2. The van der Waals surface area contributed by atoms with Gasteiger partial charge in [-0.3, -0.25) is 4.79 Å². The first-order chi connectivity index (χ1) is 10.6. The number of ether oxygens (including phenoxy) is 1. The van der Waals surface area contributed by atoms with Crippen LogP contribution >= 0.6 is 0 Å².